The molecule has 0 saturated heterocycles. The first kappa shape index (κ1) is 21.9. The number of carbonyl (C=O) groups excluding carboxylic acids is 1. The van der Waals surface area contributed by atoms with Gasteiger partial charge in [-0.2, -0.15) is 0 Å². The number of hydrogen-bond acceptors (Lipinski definition) is 5. The molecule has 0 amide bonds. The van der Waals surface area contributed by atoms with E-state index in [0.717, 1.165) is 40.0 Å². The molecule has 1 N–H and O–H groups in total. The molecule has 2 unspecified atom stereocenters. The number of benzene rings is 2. The van der Waals surface area contributed by atoms with Gasteiger partial charge < -0.3 is 14.6 Å². The molecule has 5 nitrogen and oxygen atoms in total. The highest BCUT2D eigenvalue weighted by Crippen LogP contribution is 2.56. The molecule has 5 rings (SSSR count). The second kappa shape index (κ2) is 9.43. The Morgan fingerprint density at radius 1 is 1.16 bits per heavy atom. The topological polar surface area (TPSA) is 68.7 Å². The smallest absolute Gasteiger partial charge is 0.293 e. The van der Waals surface area contributed by atoms with Crippen molar-refractivity contribution in [1.82, 2.24) is 4.98 Å². The van der Waals surface area contributed by atoms with Crippen molar-refractivity contribution in [1.29, 1.82) is 0 Å². The second-order valence-corrected chi connectivity index (χ2v) is 8.52. The van der Waals surface area contributed by atoms with Crippen LogP contribution in [0.1, 0.15) is 47.1 Å². The SMILES string of the molecule is CCOC=O.Cc1cc(O)cc(C)c1-c1cccc(COc2cc3c(cn2)C2CC2C3)c1. The van der Waals surface area contributed by atoms with Gasteiger partial charge >= 0.3 is 0 Å². The van der Waals surface area contributed by atoms with E-state index in [9.17, 15) is 9.90 Å². The molecule has 0 bridgehead atoms. The Bertz CT molecular complexity index is 1100. The minimum Gasteiger partial charge on any atom is -0.508 e. The summed E-state index contributed by atoms with van der Waals surface area (Å²) in [4.78, 5) is 13.7. The molecule has 2 aromatic carbocycles. The summed E-state index contributed by atoms with van der Waals surface area (Å²) in [5, 5.41) is 9.79. The Balaban J connectivity index is 0.000000444. The number of aryl methyl sites for hydroxylation is 2. The van der Waals surface area contributed by atoms with E-state index >= 15 is 0 Å². The first-order chi connectivity index (χ1) is 15.5. The van der Waals surface area contributed by atoms with Crippen LogP contribution < -0.4 is 4.74 Å². The minimum absolute atomic E-state index is 0.313. The van der Waals surface area contributed by atoms with Gasteiger partial charge in [-0.15, -0.1) is 0 Å². The highest BCUT2D eigenvalue weighted by molar-refractivity contribution is 5.72. The molecule has 0 aliphatic heterocycles. The summed E-state index contributed by atoms with van der Waals surface area (Å²) < 4.78 is 10.1. The van der Waals surface area contributed by atoms with Crippen LogP contribution in [-0.2, 0) is 22.6 Å². The van der Waals surface area contributed by atoms with Crippen molar-refractivity contribution in [3.05, 3.63) is 76.5 Å². The number of carbonyl (C=O) groups is 1. The predicted molar refractivity (Wildman–Crippen MR) is 124 cm³/mol. The van der Waals surface area contributed by atoms with Gasteiger partial charge in [0.25, 0.3) is 6.47 Å². The number of aromatic hydroxyl groups is 1. The summed E-state index contributed by atoms with van der Waals surface area (Å²) >= 11 is 0. The summed E-state index contributed by atoms with van der Waals surface area (Å²) in [5.74, 6) is 2.67. The molecule has 1 fully saturated rings. The van der Waals surface area contributed by atoms with Crippen molar-refractivity contribution in [2.24, 2.45) is 5.92 Å². The van der Waals surface area contributed by atoms with Crippen LogP contribution in [0.3, 0.4) is 0 Å². The maximum Gasteiger partial charge on any atom is 0.293 e. The number of rotatable bonds is 6. The number of aromatic nitrogens is 1. The maximum atomic E-state index is 9.79. The molecule has 0 radical (unpaired) electrons. The number of phenolic OH excluding ortho intramolecular Hbond substituents is 1. The first-order valence-electron chi connectivity index (χ1n) is 11.1. The Kier molecular flexibility index (Phi) is 6.45. The normalized spacial score (nSPS) is 17.5. The lowest BCUT2D eigenvalue weighted by Crippen LogP contribution is -1.99. The van der Waals surface area contributed by atoms with Crippen LogP contribution in [0, 0.1) is 19.8 Å². The van der Waals surface area contributed by atoms with E-state index < -0.39 is 0 Å². The fraction of sp³-hybridized carbons (Fsp3) is 0.333. The van der Waals surface area contributed by atoms with E-state index in [4.69, 9.17) is 4.74 Å². The van der Waals surface area contributed by atoms with Gasteiger partial charge in [0.15, 0.2) is 0 Å². The van der Waals surface area contributed by atoms with Crippen LogP contribution in [0.4, 0.5) is 0 Å². The van der Waals surface area contributed by atoms with Gasteiger partial charge in [0.1, 0.15) is 12.4 Å². The molecule has 166 valence electrons. The minimum atomic E-state index is 0.313. The van der Waals surface area contributed by atoms with Crippen molar-refractivity contribution in [2.45, 2.75) is 46.1 Å². The number of nitrogens with zero attached hydrogens (tertiary/aromatic N) is 1. The predicted octanol–water partition coefficient (Wildman–Crippen LogP) is 5.49. The zero-order chi connectivity index (χ0) is 22.7. The lowest BCUT2D eigenvalue weighted by atomic mass is 9.94. The van der Waals surface area contributed by atoms with Crippen LogP contribution in [0.25, 0.3) is 11.1 Å². The van der Waals surface area contributed by atoms with E-state index in [0.29, 0.717) is 25.4 Å². The molecule has 5 heteroatoms. The summed E-state index contributed by atoms with van der Waals surface area (Å²) in [6, 6.07) is 14.2. The molecule has 1 saturated carbocycles. The fourth-order valence-corrected chi connectivity index (χ4v) is 4.65. The van der Waals surface area contributed by atoms with E-state index in [-0.39, 0.29) is 0 Å². The average molecular weight is 432 g/mol. The van der Waals surface area contributed by atoms with Gasteiger partial charge in [-0.3, -0.25) is 4.79 Å². The molecule has 1 heterocycles. The largest absolute Gasteiger partial charge is 0.508 e. The van der Waals surface area contributed by atoms with Gasteiger partial charge in [-0.1, -0.05) is 18.2 Å². The zero-order valence-electron chi connectivity index (χ0n) is 18.8. The van der Waals surface area contributed by atoms with Crippen molar-refractivity contribution in [3.8, 4) is 22.8 Å². The molecule has 2 aliphatic carbocycles. The van der Waals surface area contributed by atoms with Crippen LogP contribution in [0.2, 0.25) is 0 Å². The molecule has 2 aliphatic rings. The summed E-state index contributed by atoms with van der Waals surface area (Å²) in [5.41, 5.74) is 8.44. The molecule has 2 atom stereocenters. The molecule has 3 aromatic rings. The van der Waals surface area contributed by atoms with Crippen LogP contribution in [0.15, 0.2) is 48.7 Å². The van der Waals surface area contributed by atoms with Crippen molar-refractivity contribution in [2.75, 3.05) is 6.61 Å². The zero-order valence-corrected chi connectivity index (χ0v) is 18.8. The molecule has 0 spiro atoms. The second-order valence-electron chi connectivity index (χ2n) is 8.52. The number of pyridine rings is 1. The van der Waals surface area contributed by atoms with Gasteiger partial charge in [0, 0.05) is 12.3 Å². The van der Waals surface area contributed by atoms with Crippen LogP contribution in [0.5, 0.6) is 11.6 Å². The number of ether oxygens (including phenoxy) is 2. The Hall–Kier alpha value is -3.34. The number of phenols is 1. The third kappa shape index (κ3) is 4.77. The molecular formula is C27H29NO4. The summed E-state index contributed by atoms with van der Waals surface area (Å²) in [6.07, 6.45) is 4.55. The quantitative estimate of drug-likeness (QED) is 0.523. The fourth-order valence-electron chi connectivity index (χ4n) is 4.65. The highest BCUT2D eigenvalue weighted by Gasteiger charge is 2.45. The van der Waals surface area contributed by atoms with Gasteiger partial charge in [-0.25, -0.2) is 4.98 Å². The Labute approximate surface area is 189 Å². The highest BCUT2D eigenvalue weighted by atomic mass is 16.5. The van der Waals surface area contributed by atoms with E-state index in [2.05, 4.69) is 40.1 Å². The lowest BCUT2D eigenvalue weighted by Gasteiger charge is -2.13. The molecule has 1 aromatic heterocycles. The average Bonchev–Trinajstić information content (AvgIpc) is 3.44. The van der Waals surface area contributed by atoms with E-state index in [1.54, 1.807) is 6.92 Å². The van der Waals surface area contributed by atoms with E-state index in [1.165, 1.54) is 29.5 Å². The van der Waals surface area contributed by atoms with Crippen molar-refractivity contribution >= 4 is 6.47 Å². The van der Waals surface area contributed by atoms with Crippen LogP contribution >= 0.6 is 0 Å². The standard InChI is InChI=1S/C24H23NO2.C3H6O2/c1-14-6-20(26)7-15(2)24(14)17-5-3-4-16(8-17)13-27-23-11-19-9-18-10-21(18)22(19)12-25-23;1-2-5-3-4/h3-8,11-12,18,21,26H,9-10,13H2,1-2H3;3H,2H2,1H3. The Morgan fingerprint density at radius 3 is 2.62 bits per heavy atom. The number of fused-ring (bicyclic) bond motifs is 3. The van der Waals surface area contributed by atoms with Gasteiger partial charge in [0.2, 0.25) is 5.88 Å². The van der Waals surface area contributed by atoms with Gasteiger partial charge in [0.05, 0.1) is 6.61 Å². The molecule has 32 heavy (non-hydrogen) atoms. The van der Waals surface area contributed by atoms with Crippen molar-refractivity contribution in [3.63, 3.8) is 0 Å². The van der Waals surface area contributed by atoms with Crippen LogP contribution in [-0.4, -0.2) is 23.2 Å². The van der Waals surface area contributed by atoms with E-state index in [1.807, 2.05) is 32.2 Å². The Morgan fingerprint density at radius 2 is 1.94 bits per heavy atom. The maximum absolute atomic E-state index is 9.79. The first-order valence-corrected chi connectivity index (χ1v) is 11.1. The summed E-state index contributed by atoms with van der Waals surface area (Å²) in [6.45, 7) is 7.23. The third-order valence-corrected chi connectivity index (χ3v) is 6.16. The van der Waals surface area contributed by atoms with Gasteiger partial charge in [-0.05, 0) is 103 Å². The lowest BCUT2D eigenvalue weighted by molar-refractivity contribution is -0.128. The number of hydrogen-bond donors (Lipinski definition) is 1. The monoisotopic (exact) mass is 431 g/mol. The summed E-state index contributed by atoms with van der Waals surface area (Å²) in [7, 11) is 0. The molecular weight excluding hydrogens is 402 g/mol. The van der Waals surface area contributed by atoms with Crippen molar-refractivity contribution < 1.29 is 19.4 Å². The third-order valence-electron chi connectivity index (χ3n) is 6.16.